The van der Waals surface area contributed by atoms with Crippen LogP contribution in [0.15, 0.2) is 42.5 Å². The molecule has 2 aromatic carbocycles. The third-order valence-corrected chi connectivity index (χ3v) is 7.33. The molecule has 0 amide bonds. The number of halogens is 1. The lowest BCUT2D eigenvalue weighted by atomic mass is 9.79. The molecule has 1 saturated heterocycles. The Morgan fingerprint density at radius 2 is 1.80 bits per heavy atom. The van der Waals surface area contributed by atoms with Gasteiger partial charge in [-0.2, -0.15) is 0 Å². The van der Waals surface area contributed by atoms with Crippen LogP contribution in [0.5, 0.6) is 0 Å². The molecular formula is C18H20BClO4P. The lowest BCUT2D eigenvalue weighted by molar-refractivity contribution is 0.00578. The third kappa shape index (κ3) is 3.32. The van der Waals surface area contributed by atoms with Gasteiger partial charge in [0.2, 0.25) is 0 Å². The zero-order valence-corrected chi connectivity index (χ0v) is 16.3. The molecule has 1 aliphatic heterocycles. The summed E-state index contributed by atoms with van der Waals surface area (Å²) in [5.41, 5.74) is -0.256. The molecule has 7 heteroatoms. The summed E-state index contributed by atoms with van der Waals surface area (Å²) < 4.78 is 25.1. The van der Waals surface area contributed by atoms with E-state index in [-0.39, 0.29) is 15.6 Å². The fraction of sp³-hybridized carbons (Fsp3) is 0.333. The number of rotatable bonds is 3. The summed E-state index contributed by atoms with van der Waals surface area (Å²) in [5, 5.41) is 0.696. The van der Waals surface area contributed by atoms with Crippen LogP contribution >= 0.6 is 19.0 Å². The average Bonchev–Trinajstić information content (AvgIpc) is 2.76. The third-order valence-electron chi connectivity index (χ3n) is 4.86. The first kappa shape index (κ1) is 18.7. The first-order chi connectivity index (χ1) is 11.5. The fourth-order valence-electron chi connectivity index (χ4n) is 2.63. The van der Waals surface area contributed by atoms with Crippen molar-refractivity contribution in [3.05, 3.63) is 53.6 Å². The van der Waals surface area contributed by atoms with Gasteiger partial charge >= 0.3 is 7.12 Å². The largest absolute Gasteiger partial charge is 0.494 e. The summed E-state index contributed by atoms with van der Waals surface area (Å²) in [5.74, 6) is 0. The molecule has 0 saturated carbocycles. The second kappa shape index (κ2) is 6.26. The summed E-state index contributed by atoms with van der Waals surface area (Å²) in [6, 6.07) is 14.2. The normalized spacial score (nSPS) is 21.1. The van der Waals surface area contributed by atoms with E-state index in [9.17, 15) is 9.46 Å². The van der Waals surface area contributed by atoms with Gasteiger partial charge < -0.3 is 14.2 Å². The van der Waals surface area contributed by atoms with E-state index in [1.807, 2.05) is 33.8 Å². The maximum absolute atomic E-state index is 13.0. The fourth-order valence-corrected chi connectivity index (χ4v) is 4.62. The highest BCUT2D eigenvalue weighted by Crippen LogP contribution is 2.41. The summed E-state index contributed by atoms with van der Waals surface area (Å²) in [6.45, 7) is 7.87. The lowest BCUT2D eigenvalue weighted by Crippen LogP contribution is -2.41. The van der Waals surface area contributed by atoms with E-state index in [0.717, 1.165) is 0 Å². The van der Waals surface area contributed by atoms with Gasteiger partial charge in [0.25, 0.3) is 7.37 Å². The molecule has 1 N–H and O–H groups in total. The quantitative estimate of drug-likeness (QED) is 0.660. The van der Waals surface area contributed by atoms with Crippen LogP contribution in [0.1, 0.15) is 27.7 Å². The zero-order valence-electron chi connectivity index (χ0n) is 14.6. The van der Waals surface area contributed by atoms with Gasteiger partial charge in [0, 0.05) is 5.30 Å². The van der Waals surface area contributed by atoms with Crippen LogP contribution in [0.4, 0.5) is 0 Å². The second-order valence-electron chi connectivity index (χ2n) is 7.14. The van der Waals surface area contributed by atoms with Crippen molar-refractivity contribution in [1.82, 2.24) is 0 Å². The van der Waals surface area contributed by atoms with E-state index in [0.29, 0.717) is 5.46 Å². The van der Waals surface area contributed by atoms with Crippen LogP contribution in [0, 0.1) is 6.07 Å². The molecule has 0 bridgehead atoms. The Morgan fingerprint density at radius 3 is 2.40 bits per heavy atom. The molecule has 1 aliphatic rings. The predicted molar refractivity (Wildman–Crippen MR) is 102 cm³/mol. The van der Waals surface area contributed by atoms with E-state index in [1.54, 1.807) is 24.3 Å². The lowest BCUT2D eigenvalue weighted by Gasteiger charge is -2.32. The minimum atomic E-state index is -3.83. The van der Waals surface area contributed by atoms with Crippen molar-refractivity contribution in [2.24, 2.45) is 0 Å². The van der Waals surface area contributed by atoms with E-state index in [1.165, 1.54) is 12.1 Å². The minimum absolute atomic E-state index is 0.194. The summed E-state index contributed by atoms with van der Waals surface area (Å²) in [6.07, 6.45) is 0. The monoisotopic (exact) mass is 377 g/mol. The number of hydrogen-bond donors (Lipinski definition) is 1. The highest BCUT2D eigenvalue weighted by Gasteiger charge is 2.51. The molecular weight excluding hydrogens is 357 g/mol. The molecule has 0 aromatic heterocycles. The van der Waals surface area contributed by atoms with Gasteiger partial charge in [-0.05, 0) is 63.5 Å². The van der Waals surface area contributed by atoms with Crippen molar-refractivity contribution in [3.63, 3.8) is 0 Å². The van der Waals surface area contributed by atoms with E-state index >= 15 is 0 Å². The Hall–Kier alpha value is -1.10. The first-order valence-corrected chi connectivity index (χ1v) is 10.0. The second-order valence-corrected chi connectivity index (χ2v) is 9.69. The van der Waals surface area contributed by atoms with Gasteiger partial charge in [0.1, 0.15) is 0 Å². The zero-order chi connectivity index (χ0) is 18.5. The van der Waals surface area contributed by atoms with Crippen molar-refractivity contribution >= 4 is 42.2 Å². The van der Waals surface area contributed by atoms with Gasteiger partial charge in [0.15, 0.2) is 0 Å². The molecule has 1 radical (unpaired) electrons. The number of hydrogen-bond acceptors (Lipinski definition) is 3. The van der Waals surface area contributed by atoms with E-state index in [4.69, 9.17) is 20.9 Å². The molecule has 0 aliphatic carbocycles. The average molecular weight is 378 g/mol. The standard InChI is InChI=1S/C18H20BClO4P/c1-17(2)18(3,4)24-19(23-17)13-8-7-9-14(12-13)25(21,22)16-11-6-5-10-15(16)20/h6-12H,1-4H3,(H,21,22). The molecule has 1 atom stereocenters. The van der Waals surface area contributed by atoms with E-state index < -0.39 is 25.7 Å². The molecule has 4 nitrogen and oxygen atoms in total. The van der Waals surface area contributed by atoms with Crippen molar-refractivity contribution in [2.75, 3.05) is 0 Å². The van der Waals surface area contributed by atoms with Gasteiger partial charge in [-0.1, -0.05) is 29.8 Å². The van der Waals surface area contributed by atoms with Gasteiger partial charge in [-0.15, -0.1) is 0 Å². The SMILES string of the molecule is CC1(C)OB(c2cccc(P(=O)(O)c3cc[c]cc3Cl)c2)OC1(C)C. The summed E-state index contributed by atoms with van der Waals surface area (Å²) in [4.78, 5) is 10.7. The van der Waals surface area contributed by atoms with Crippen LogP contribution in [-0.2, 0) is 13.9 Å². The Bertz CT molecular complexity index is 836. The van der Waals surface area contributed by atoms with Gasteiger partial charge in [-0.3, -0.25) is 4.57 Å². The molecule has 1 heterocycles. The number of benzene rings is 2. The maximum atomic E-state index is 13.0. The van der Waals surface area contributed by atoms with Gasteiger partial charge in [-0.25, -0.2) is 0 Å². The minimum Gasteiger partial charge on any atom is -0.399 e. The Kier molecular flexibility index (Phi) is 4.68. The van der Waals surface area contributed by atoms with Crippen molar-refractivity contribution in [2.45, 2.75) is 38.9 Å². The first-order valence-electron chi connectivity index (χ1n) is 8.00. The highest BCUT2D eigenvalue weighted by atomic mass is 35.5. The van der Waals surface area contributed by atoms with Crippen LogP contribution in [0.2, 0.25) is 5.02 Å². The van der Waals surface area contributed by atoms with Crippen LogP contribution < -0.4 is 16.1 Å². The van der Waals surface area contributed by atoms with Gasteiger partial charge in [0.05, 0.1) is 21.5 Å². The topological polar surface area (TPSA) is 55.8 Å². The van der Waals surface area contributed by atoms with E-state index in [2.05, 4.69) is 6.07 Å². The Morgan fingerprint density at radius 1 is 1.16 bits per heavy atom. The summed E-state index contributed by atoms with van der Waals surface area (Å²) >= 11 is 6.09. The van der Waals surface area contributed by atoms with Crippen LogP contribution in [0.3, 0.4) is 0 Å². The molecule has 2 aromatic rings. The Balaban J connectivity index is 1.98. The Labute approximate surface area is 153 Å². The van der Waals surface area contributed by atoms with Crippen molar-refractivity contribution in [1.29, 1.82) is 0 Å². The van der Waals surface area contributed by atoms with Crippen LogP contribution in [-0.4, -0.2) is 23.2 Å². The molecule has 3 rings (SSSR count). The molecule has 25 heavy (non-hydrogen) atoms. The molecule has 0 spiro atoms. The highest BCUT2D eigenvalue weighted by molar-refractivity contribution is 7.73. The molecule has 1 fully saturated rings. The molecule has 131 valence electrons. The van der Waals surface area contributed by atoms with Crippen LogP contribution in [0.25, 0.3) is 0 Å². The smallest absolute Gasteiger partial charge is 0.399 e. The van der Waals surface area contributed by atoms with Crippen molar-refractivity contribution < 1.29 is 18.8 Å². The van der Waals surface area contributed by atoms with Crippen molar-refractivity contribution in [3.8, 4) is 0 Å². The predicted octanol–water partition coefficient (Wildman–Crippen LogP) is 2.66. The summed E-state index contributed by atoms with van der Waals surface area (Å²) in [7, 11) is -4.42. The maximum Gasteiger partial charge on any atom is 0.494 e. The molecule has 1 unspecified atom stereocenters.